The summed E-state index contributed by atoms with van der Waals surface area (Å²) < 4.78 is 25.4. The molecule has 0 heterocycles. The van der Waals surface area contributed by atoms with E-state index < -0.39 is 10.0 Å². The van der Waals surface area contributed by atoms with Gasteiger partial charge in [0.15, 0.2) is 0 Å². The van der Waals surface area contributed by atoms with E-state index in [1.165, 1.54) is 4.31 Å². The fourth-order valence-corrected chi connectivity index (χ4v) is 3.49. The lowest BCUT2D eigenvalue weighted by Gasteiger charge is -2.24. The summed E-state index contributed by atoms with van der Waals surface area (Å²) in [6.07, 6.45) is 0.455. The monoisotopic (exact) mass is 309 g/mol. The minimum atomic E-state index is -3.28. The summed E-state index contributed by atoms with van der Waals surface area (Å²) in [5.74, 6) is 0.413. The zero-order valence-corrected chi connectivity index (χ0v) is 12.8. The first-order valence-corrected chi connectivity index (χ1v) is 8.18. The Morgan fingerprint density at radius 1 is 1.39 bits per heavy atom. The molecule has 3 nitrogen and oxygen atoms in total. The topological polar surface area (TPSA) is 37.4 Å². The molecule has 102 valence electrons. The third kappa shape index (κ3) is 4.12. The molecule has 6 heteroatoms. The zero-order chi connectivity index (χ0) is 13.8. The maximum absolute atomic E-state index is 12.0. The van der Waals surface area contributed by atoms with Gasteiger partial charge in [-0.15, -0.1) is 11.6 Å². The normalized spacial score (nSPS) is 13.8. The van der Waals surface area contributed by atoms with Gasteiger partial charge in [-0.05, 0) is 31.0 Å². The van der Waals surface area contributed by atoms with Crippen LogP contribution in [0.5, 0.6) is 0 Å². The van der Waals surface area contributed by atoms with Crippen LogP contribution < -0.4 is 0 Å². The number of halogens is 2. The first-order chi connectivity index (χ1) is 8.38. The van der Waals surface area contributed by atoms with Crippen LogP contribution >= 0.6 is 23.2 Å². The van der Waals surface area contributed by atoms with Crippen LogP contribution in [0.4, 0.5) is 0 Å². The lowest BCUT2D eigenvalue weighted by atomic mass is 10.1. The van der Waals surface area contributed by atoms with Crippen molar-refractivity contribution in [2.75, 3.05) is 18.7 Å². The van der Waals surface area contributed by atoms with Gasteiger partial charge in [0.25, 0.3) is 0 Å². The van der Waals surface area contributed by atoms with Crippen LogP contribution in [0.2, 0.25) is 5.02 Å². The number of rotatable bonds is 6. The average molecular weight is 310 g/mol. The molecule has 0 aromatic heterocycles. The van der Waals surface area contributed by atoms with Gasteiger partial charge in [-0.2, -0.15) is 4.31 Å². The summed E-state index contributed by atoms with van der Waals surface area (Å²) >= 11 is 11.4. The molecule has 0 saturated carbocycles. The lowest BCUT2D eigenvalue weighted by Crippen LogP contribution is -2.31. The van der Waals surface area contributed by atoms with Gasteiger partial charge in [0, 0.05) is 24.0 Å². The Hall–Kier alpha value is -0.290. The first-order valence-electron chi connectivity index (χ1n) is 5.65. The number of hydrogen-bond donors (Lipinski definition) is 0. The molecule has 18 heavy (non-hydrogen) atoms. The van der Waals surface area contributed by atoms with E-state index in [0.717, 1.165) is 5.56 Å². The second kappa shape index (κ2) is 6.75. The predicted molar refractivity (Wildman–Crippen MR) is 76.8 cm³/mol. The highest BCUT2D eigenvalue weighted by Gasteiger charge is 2.23. The fraction of sp³-hybridized carbons (Fsp3) is 0.500. The molecular weight excluding hydrogens is 293 g/mol. The Labute approximate surface area is 119 Å². The zero-order valence-electron chi connectivity index (χ0n) is 10.4. The van der Waals surface area contributed by atoms with Crippen LogP contribution in [0.3, 0.4) is 0 Å². The molecule has 1 rings (SSSR count). The van der Waals surface area contributed by atoms with Crippen molar-refractivity contribution in [3.63, 3.8) is 0 Å². The molecule has 1 atom stereocenters. The van der Waals surface area contributed by atoms with E-state index in [1.54, 1.807) is 19.2 Å². The smallest absolute Gasteiger partial charge is 0.212 e. The number of hydrogen-bond acceptors (Lipinski definition) is 2. The molecule has 0 bridgehead atoms. The van der Waals surface area contributed by atoms with Crippen LogP contribution in [0.15, 0.2) is 24.3 Å². The summed E-state index contributed by atoms with van der Waals surface area (Å²) in [6.45, 7) is 1.84. The summed E-state index contributed by atoms with van der Waals surface area (Å²) in [5.41, 5.74) is 0.874. The van der Waals surface area contributed by atoms with Gasteiger partial charge in [-0.3, -0.25) is 0 Å². The Morgan fingerprint density at radius 2 is 2.06 bits per heavy atom. The highest BCUT2D eigenvalue weighted by atomic mass is 35.5. The number of sulfonamides is 1. The van der Waals surface area contributed by atoms with Gasteiger partial charge in [-0.25, -0.2) is 8.42 Å². The Balaban J connectivity index is 2.87. The molecule has 0 N–H and O–H groups in total. The number of alkyl halides is 1. The Bertz CT molecular complexity index is 491. The van der Waals surface area contributed by atoms with Crippen molar-refractivity contribution in [3.05, 3.63) is 34.9 Å². The van der Waals surface area contributed by atoms with E-state index in [1.807, 2.05) is 19.1 Å². The van der Waals surface area contributed by atoms with Gasteiger partial charge in [0.1, 0.15) is 0 Å². The lowest BCUT2D eigenvalue weighted by molar-refractivity contribution is 0.398. The maximum atomic E-state index is 12.0. The van der Waals surface area contributed by atoms with Crippen molar-refractivity contribution in [2.45, 2.75) is 19.4 Å². The molecule has 0 aliphatic heterocycles. The quantitative estimate of drug-likeness (QED) is 0.756. The third-order valence-electron chi connectivity index (χ3n) is 2.85. The van der Waals surface area contributed by atoms with Gasteiger partial charge < -0.3 is 0 Å². The third-order valence-corrected chi connectivity index (χ3v) is 5.35. The van der Waals surface area contributed by atoms with E-state index in [2.05, 4.69) is 0 Å². The minimum Gasteiger partial charge on any atom is -0.212 e. The van der Waals surface area contributed by atoms with Crippen molar-refractivity contribution in [2.24, 2.45) is 0 Å². The SMILES string of the molecule is CC(c1cccc(Cl)c1)N(C)S(=O)(=O)CCCCl. The highest BCUT2D eigenvalue weighted by molar-refractivity contribution is 7.89. The Kier molecular flexibility index (Phi) is 5.92. The van der Waals surface area contributed by atoms with Gasteiger partial charge >= 0.3 is 0 Å². The standard InChI is InChI=1S/C12H17Cl2NO2S/c1-10(11-5-3-6-12(14)9-11)15(2)18(16,17)8-4-7-13/h3,5-6,9-10H,4,7-8H2,1-2H3. The van der Waals surface area contributed by atoms with Crippen molar-refractivity contribution >= 4 is 33.2 Å². The summed E-state index contributed by atoms with van der Waals surface area (Å²) in [6, 6.07) is 6.97. The van der Waals surface area contributed by atoms with E-state index in [9.17, 15) is 8.42 Å². The molecule has 1 aromatic carbocycles. The largest absolute Gasteiger partial charge is 0.214 e. The van der Waals surface area contributed by atoms with Crippen LogP contribution in [0.1, 0.15) is 24.9 Å². The van der Waals surface area contributed by atoms with Gasteiger partial charge in [0.05, 0.1) is 5.75 Å². The molecule has 1 aromatic rings. The number of benzene rings is 1. The summed E-state index contributed by atoms with van der Waals surface area (Å²) in [4.78, 5) is 0. The second-order valence-corrected chi connectivity index (χ2v) is 7.07. The van der Waals surface area contributed by atoms with E-state index in [-0.39, 0.29) is 11.8 Å². The summed E-state index contributed by atoms with van der Waals surface area (Å²) in [7, 11) is -1.70. The second-order valence-electron chi connectivity index (χ2n) is 4.11. The van der Waals surface area contributed by atoms with Crippen molar-refractivity contribution in [3.8, 4) is 0 Å². The highest BCUT2D eigenvalue weighted by Crippen LogP contribution is 2.24. The van der Waals surface area contributed by atoms with Crippen LogP contribution in [0.25, 0.3) is 0 Å². The van der Waals surface area contributed by atoms with Gasteiger partial charge in [-0.1, -0.05) is 23.7 Å². The van der Waals surface area contributed by atoms with Gasteiger partial charge in [0.2, 0.25) is 10.0 Å². The van der Waals surface area contributed by atoms with Crippen LogP contribution in [-0.4, -0.2) is 31.4 Å². The summed E-state index contributed by atoms with van der Waals surface area (Å²) in [5, 5.41) is 0.603. The number of nitrogens with zero attached hydrogens (tertiary/aromatic N) is 1. The predicted octanol–water partition coefficient (Wildman–Crippen LogP) is 3.29. The van der Waals surface area contributed by atoms with Crippen LogP contribution in [-0.2, 0) is 10.0 Å². The molecule has 1 unspecified atom stereocenters. The molecular formula is C12H17Cl2NO2S. The van der Waals surface area contributed by atoms with Crippen LogP contribution in [0, 0.1) is 0 Å². The van der Waals surface area contributed by atoms with E-state index in [4.69, 9.17) is 23.2 Å². The van der Waals surface area contributed by atoms with E-state index in [0.29, 0.717) is 17.3 Å². The molecule has 0 spiro atoms. The molecule has 0 radical (unpaired) electrons. The molecule has 0 saturated heterocycles. The van der Waals surface area contributed by atoms with Crippen molar-refractivity contribution < 1.29 is 8.42 Å². The van der Waals surface area contributed by atoms with Crippen molar-refractivity contribution in [1.82, 2.24) is 4.31 Å². The maximum Gasteiger partial charge on any atom is 0.214 e. The fourth-order valence-electron chi connectivity index (χ4n) is 1.60. The molecule has 0 fully saturated rings. The minimum absolute atomic E-state index is 0.0674. The molecule has 0 aliphatic carbocycles. The van der Waals surface area contributed by atoms with Crippen molar-refractivity contribution in [1.29, 1.82) is 0 Å². The average Bonchev–Trinajstić information content (AvgIpc) is 2.34. The van der Waals surface area contributed by atoms with E-state index >= 15 is 0 Å². The first kappa shape index (κ1) is 15.8. The molecule has 0 aliphatic rings. The Morgan fingerprint density at radius 3 is 2.61 bits per heavy atom. The molecule has 0 amide bonds.